The SMILES string of the molecule is CCNC(=NCC1CCCOC1C(C)(C)C)NCCC(=O)NCc1ccccc1.I. The quantitative estimate of drug-likeness (QED) is 0.272. The number of nitrogens with one attached hydrogen (secondary N) is 3. The third-order valence-corrected chi connectivity index (χ3v) is 5.10. The number of aliphatic imine (C=N–C) groups is 1. The van der Waals surface area contributed by atoms with Gasteiger partial charge in [0.2, 0.25) is 5.91 Å². The molecule has 1 amide bonds. The van der Waals surface area contributed by atoms with Crippen LogP contribution in [0.25, 0.3) is 0 Å². The summed E-state index contributed by atoms with van der Waals surface area (Å²) >= 11 is 0. The summed E-state index contributed by atoms with van der Waals surface area (Å²) in [5, 5.41) is 9.51. The number of carbonyl (C=O) groups excluding carboxylic acids is 1. The molecule has 0 aromatic heterocycles. The average molecular weight is 530 g/mol. The maximum absolute atomic E-state index is 12.1. The Hall–Kier alpha value is -1.35. The Bertz CT molecular complexity index is 646. The predicted molar refractivity (Wildman–Crippen MR) is 134 cm³/mol. The molecule has 7 heteroatoms. The molecule has 2 atom stereocenters. The predicted octanol–water partition coefficient (Wildman–Crippen LogP) is 3.71. The van der Waals surface area contributed by atoms with E-state index < -0.39 is 0 Å². The molecule has 1 saturated heterocycles. The van der Waals surface area contributed by atoms with Gasteiger partial charge in [0.1, 0.15) is 0 Å². The van der Waals surface area contributed by atoms with Gasteiger partial charge in [0, 0.05) is 45.1 Å². The van der Waals surface area contributed by atoms with Gasteiger partial charge in [-0.05, 0) is 30.7 Å². The lowest BCUT2D eigenvalue weighted by atomic mass is 9.78. The monoisotopic (exact) mass is 530 g/mol. The van der Waals surface area contributed by atoms with Crippen molar-refractivity contribution in [1.82, 2.24) is 16.0 Å². The lowest BCUT2D eigenvalue weighted by molar-refractivity contribution is -0.121. The summed E-state index contributed by atoms with van der Waals surface area (Å²) in [6.07, 6.45) is 2.88. The van der Waals surface area contributed by atoms with E-state index in [0.717, 1.165) is 44.1 Å². The Morgan fingerprint density at radius 3 is 2.57 bits per heavy atom. The number of carbonyl (C=O) groups is 1. The molecular weight excluding hydrogens is 491 g/mol. The van der Waals surface area contributed by atoms with E-state index in [-0.39, 0.29) is 41.4 Å². The summed E-state index contributed by atoms with van der Waals surface area (Å²) in [5.74, 6) is 1.22. The van der Waals surface area contributed by atoms with E-state index in [1.54, 1.807) is 0 Å². The van der Waals surface area contributed by atoms with Gasteiger partial charge in [0.25, 0.3) is 0 Å². The van der Waals surface area contributed by atoms with Gasteiger partial charge in [-0.25, -0.2) is 0 Å². The second-order valence-electron chi connectivity index (χ2n) is 8.72. The lowest BCUT2D eigenvalue weighted by Gasteiger charge is -2.39. The highest BCUT2D eigenvalue weighted by Crippen LogP contribution is 2.34. The first-order valence-electron chi connectivity index (χ1n) is 10.8. The van der Waals surface area contributed by atoms with Crippen LogP contribution >= 0.6 is 24.0 Å². The fraction of sp³-hybridized carbons (Fsp3) is 0.652. The van der Waals surface area contributed by atoms with Gasteiger partial charge in [-0.2, -0.15) is 0 Å². The van der Waals surface area contributed by atoms with Gasteiger partial charge in [-0.1, -0.05) is 51.1 Å². The second kappa shape index (κ2) is 13.9. The topological polar surface area (TPSA) is 74.8 Å². The number of ether oxygens (including phenoxy) is 1. The van der Waals surface area contributed by atoms with Gasteiger partial charge in [-0.3, -0.25) is 9.79 Å². The average Bonchev–Trinajstić information content (AvgIpc) is 2.71. The number of benzene rings is 1. The van der Waals surface area contributed by atoms with Crippen molar-refractivity contribution in [2.75, 3.05) is 26.2 Å². The van der Waals surface area contributed by atoms with Gasteiger partial charge >= 0.3 is 0 Å². The van der Waals surface area contributed by atoms with Crippen molar-refractivity contribution in [2.24, 2.45) is 16.3 Å². The summed E-state index contributed by atoms with van der Waals surface area (Å²) in [6.45, 7) is 12.2. The Morgan fingerprint density at radius 2 is 1.90 bits per heavy atom. The molecule has 0 aliphatic carbocycles. The summed E-state index contributed by atoms with van der Waals surface area (Å²) in [5.41, 5.74) is 1.22. The van der Waals surface area contributed by atoms with Crippen LogP contribution in [0.3, 0.4) is 0 Å². The van der Waals surface area contributed by atoms with Crippen molar-refractivity contribution >= 4 is 35.8 Å². The molecule has 0 saturated carbocycles. The minimum Gasteiger partial charge on any atom is -0.377 e. The maximum atomic E-state index is 12.1. The molecule has 6 nitrogen and oxygen atoms in total. The smallest absolute Gasteiger partial charge is 0.222 e. The Balaban J connectivity index is 0.00000450. The summed E-state index contributed by atoms with van der Waals surface area (Å²) in [4.78, 5) is 16.9. The number of hydrogen-bond acceptors (Lipinski definition) is 3. The molecule has 30 heavy (non-hydrogen) atoms. The highest BCUT2D eigenvalue weighted by Gasteiger charge is 2.35. The third kappa shape index (κ3) is 9.64. The number of rotatable bonds is 8. The molecule has 1 aromatic carbocycles. The number of guanidine groups is 1. The molecule has 170 valence electrons. The van der Waals surface area contributed by atoms with Crippen molar-refractivity contribution < 1.29 is 9.53 Å². The fourth-order valence-electron chi connectivity index (χ4n) is 3.72. The molecule has 3 N–H and O–H groups in total. The van der Waals surface area contributed by atoms with E-state index in [1.807, 2.05) is 37.3 Å². The highest BCUT2D eigenvalue weighted by molar-refractivity contribution is 14.0. The van der Waals surface area contributed by atoms with Crippen LogP contribution in [0.5, 0.6) is 0 Å². The molecular formula is C23H39IN4O2. The molecule has 0 spiro atoms. The molecule has 1 heterocycles. The number of amides is 1. The summed E-state index contributed by atoms with van der Waals surface area (Å²) in [6, 6.07) is 9.94. The standard InChI is InChI=1S/C23H38N4O2.HI/c1-5-24-22(27-17-19-12-9-15-29-21(19)23(2,3)4)25-14-13-20(28)26-16-18-10-7-6-8-11-18;/h6-8,10-11,19,21H,5,9,12-17H2,1-4H3,(H,26,28)(H2,24,25,27);1H. The zero-order chi connectivity index (χ0) is 21.1. The first-order chi connectivity index (χ1) is 13.9. The normalized spacial score (nSPS) is 19.5. The van der Waals surface area contributed by atoms with Crippen molar-refractivity contribution in [3.63, 3.8) is 0 Å². The van der Waals surface area contributed by atoms with Crippen molar-refractivity contribution in [3.8, 4) is 0 Å². The molecule has 1 aliphatic rings. The Kier molecular flexibility index (Phi) is 12.3. The van der Waals surface area contributed by atoms with Gasteiger partial charge in [-0.15, -0.1) is 24.0 Å². The van der Waals surface area contributed by atoms with Gasteiger partial charge in [0.15, 0.2) is 5.96 Å². The van der Waals surface area contributed by atoms with Gasteiger partial charge < -0.3 is 20.7 Å². The van der Waals surface area contributed by atoms with Crippen LogP contribution in [0, 0.1) is 11.3 Å². The summed E-state index contributed by atoms with van der Waals surface area (Å²) in [7, 11) is 0. The zero-order valence-corrected chi connectivity index (χ0v) is 21.2. The first-order valence-corrected chi connectivity index (χ1v) is 10.8. The first kappa shape index (κ1) is 26.7. The van der Waals surface area contributed by atoms with Gasteiger partial charge in [0.05, 0.1) is 6.10 Å². The molecule has 0 bridgehead atoms. The van der Waals surface area contributed by atoms with Crippen LogP contribution < -0.4 is 16.0 Å². The molecule has 1 aromatic rings. The second-order valence-corrected chi connectivity index (χ2v) is 8.72. The molecule has 1 aliphatic heterocycles. The molecule has 2 unspecified atom stereocenters. The van der Waals surface area contributed by atoms with Crippen LogP contribution in [0.1, 0.15) is 52.5 Å². The van der Waals surface area contributed by atoms with Crippen LogP contribution in [0.15, 0.2) is 35.3 Å². The minimum absolute atomic E-state index is 0. The highest BCUT2D eigenvalue weighted by atomic mass is 127. The van der Waals surface area contributed by atoms with E-state index in [0.29, 0.717) is 25.4 Å². The van der Waals surface area contributed by atoms with E-state index in [1.165, 1.54) is 0 Å². The van der Waals surface area contributed by atoms with Crippen molar-refractivity contribution in [2.45, 2.75) is 59.6 Å². The number of nitrogens with zero attached hydrogens (tertiary/aromatic N) is 1. The van der Waals surface area contributed by atoms with Crippen molar-refractivity contribution in [1.29, 1.82) is 0 Å². The lowest BCUT2D eigenvalue weighted by Crippen LogP contribution is -2.43. The Labute approximate surface area is 199 Å². The molecule has 0 radical (unpaired) electrons. The van der Waals surface area contributed by atoms with E-state index in [9.17, 15) is 4.79 Å². The Morgan fingerprint density at radius 1 is 1.17 bits per heavy atom. The summed E-state index contributed by atoms with van der Waals surface area (Å²) < 4.78 is 6.06. The number of hydrogen-bond donors (Lipinski definition) is 3. The largest absolute Gasteiger partial charge is 0.377 e. The number of halogens is 1. The van der Waals surface area contributed by atoms with E-state index >= 15 is 0 Å². The van der Waals surface area contributed by atoms with Crippen LogP contribution in [0.4, 0.5) is 0 Å². The van der Waals surface area contributed by atoms with E-state index in [2.05, 4.69) is 36.7 Å². The molecule has 2 rings (SSSR count). The van der Waals surface area contributed by atoms with Crippen LogP contribution in [-0.2, 0) is 16.1 Å². The van der Waals surface area contributed by atoms with Crippen LogP contribution in [-0.4, -0.2) is 44.2 Å². The van der Waals surface area contributed by atoms with Crippen molar-refractivity contribution in [3.05, 3.63) is 35.9 Å². The zero-order valence-electron chi connectivity index (χ0n) is 18.9. The van der Waals surface area contributed by atoms with E-state index in [4.69, 9.17) is 9.73 Å². The third-order valence-electron chi connectivity index (χ3n) is 5.10. The maximum Gasteiger partial charge on any atom is 0.222 e. The van der Waals surface area contributed by atoms with Crippen LogP contribution in [0.2, 0.25) is 0 Å². The molecule has 1 fully saturated rings. The fourth-order valence-corrected chi connectivity index (χ4v) is 3.72. The minimum atomic E-state index is 0.